The molecule has 0 saturated heterocycles. The molecule has 3 rings (SSSR count). The second-order valence-corrected chi connectivity index (χ2v) is 6.61. The highest BCUT2D eigenvalue weighted by Crippen LogP contribution is 2.36. The van der Waals surface area contributed by atoms with Crippen molar-refractivity contribution in [3.8, 4) is 0 Å². The van der Waals surface area contributed by atoms with Crippen molar-refractivity contribution in [2.75, 3.05) is 5.73 Å². The summed E-state index contributed by atoms with van der Waals surface area (Å²) >= 11 is 3.56. The average Bonchev–Trinajstić information content (AvgIpc) is 2.74. The molecule has 0 fully saturated rings. The number of nitrogen functional groups attached to an aromatic ring is 1. The van der Waals surface area contributed by atoms with Crippen molar-refractivity contribution in [1.82, 2.24) is 0 Å². The van der Waals surface area contributed by atoms with Gasteiger partial charge in [-0.3, -0.25) is 0 Å². The molecule has 0 aliphatic heterocycles. The van der Waals surface area contributed by atoms with Crippen molar-refractivity contribution in [3.63, 3.8) is 0 Å². The Hall–Kier alpha value is -1.06. The van der Waals surface area contributed by atoms with E-state index in [1.807, 2.05) is 11.3 Å². The maximum atomic E-state index is 5.82. The molecular weight excluding hydrogens is 234 g/mol. The predicted octanol–water partition coefficient (Wildman–Crippen LogP) is 4.82. The number of benzene rings is 1. The van der Waals surface area contributed by atoms with Gasteiger partial charge in [-0.1, -0.05) is 13.8 Å². The van der Waals surface area contributed by atoms with E-state index in [4.69, 9.17) is 5.73 Å². The van der Waals surface area contributed by atoms with Crippen molar-refractivity contribution in [3.05, 3.63) is 29.1 Å². The summed E-state index contributed by atoms with van der Waals surface area (Å²) in [6.45, 7) is 4.48. The number of fused-ring (bicyclic) bond motifs is 2. The molecule has 2 aromatic heterocycles. The minimum Gasteiger partial charge on any atom is -0.391 e. The molecule has 1 aromatic carbocycles. The molecule has 0 spiro atoms. The van der Waals surface area contributed by atoms with E-state index in [2.05, 4.69) is 38.1 Å². The highest BCUT2D eigenvalue weighted by atomic mass is 32.1. The molecule has 0 bridgehead atoms. The fourth-order valence-electron chi connectivity index (χ4n) is 1.90. The van der Waals surface area contributed by atoms with Crippen LogP contribution in [0.1, 0.15) is 24.6 Å². The van der Waals surface area contributed by atoms with Crippen molar-refractivity contribution in [2.45, 2.75) is 19.8 Å². The third-order valence-electron chi connectivity index (χ3n) is 2.76. The smallest absolute Gasteiger partial charge is 0.0868 e. The van der Waals surface area contributed by atoms with Crippen molar-refractivity contribution in [1.29, 1.82) is 0 Å². The van der Waals surface area contributed by atoms with E-state index in [0.29, 0.717) is 5.92 Å². The second-order valence-electron chi connectivity index (χ2n) is 4.38. The Kier molecular flexibility index (Phi) is 2.19. The normalized spacial score (nSPS) is 11.9. The Balaban J connectivity index is 2.31. The Labute approximate surface area is 103 Å². The van der Waals surface area contributed by atoms with Gasteiger partial charge in [-0.2, -0.15) is 0 Å². The first-order chi connectivity index (χ1) is 7.63. The van der Waals surface area contributed by atoms with Gasteiger partial charge >= 0.3 is 0 Å². The van der Waals surface area contributed by atoms with Gasteiger partial charge in [0.2, 0.25) is 0 Å². The van der Waals surface area contributed by atoms with Crippen LogP contribution in [-0.2, 0) is 0 Å². The number of hydrogen-bond donors (Lipinski definition) is 1. The van der Waals surface area contributed by atoms with Crippen LogP contribution in [-0.4, -0.2) is 0 Å². The summed E-state index contributed by atoms with van der Waals surface area (Å²) in [5, 5.41) is 3.52. The van der Waals surface area contributed by atoms with Gasteiger partial charge in [-0.25, -0.2) is 0 Å². The Bertz CT molecular complexity index is 610. The fraction of sp³-hybridized carbons (Fsp3) is 0.231. The molecule has 16 heavy (non-hydrogen) atoms. The van der Waals surface area contributed by atoms with Crippen LogP contribution in [0, 0.1) is 0 Å². The topological polar surface area (TPSA) is 26.0 Å². The van der Waals surface area contributed by atoms with Gasteiger partial charge in [0, 0.05) is 14.3 Å². The van der Waals surface area contributed by atoms with E-state index < -0.39 is 0 Å². The minimum absolute atomic E-state index is 0.612. The van der Waals surface area contributed by atoms with E-state index in [1.165, 1.54) is 25.0 Å². The van der Waals surface area contributed by atoms with Gasteiger partial charge in [-0.15, -0.1) is 22.7 Å². The Morgan fingerprint density at radius 1 is 0.938 bits per heavy atom. The first-order valence-electron chi connectivity index (χ1n) is 5.36. The van der Waals surface area contributed by atoms with Crippen molar-refractivity contribution in [2.24, 2.45) is 0 Å². The first kappa shape index (κ1) is 10.1. The number of nitrogens with two attached hydrogens (primary N) is 1. The largest absolute Gasteiger partial charge is 0.391 e. The molecule has 82 valence electrons. The van der Waals surface area contributed by atoms with Gasteiger partial charge in [-0.05, 0) is 41.0 Å². The lowest BCUT2D eigenvalue weighted by Gasteiger charge is -1.96. The molecule has 2 N–H and O–H groups in total. The lowest BCUT2D eigenvalue weighted by molar-refractivity contribution is 0.890. The van der Waals surface area contributed by atoms with E-state index in [1.54, 1.807) is 11.3 Å². The maximum absolute atomic E-state index is 5.82. The van der Waals surface area contributed by atoms with Crippen LogP contribution in [0.4, 0.5) is 5.00 Å². The van der Waals surface area contributed by atoms with Crippen LogP contribution in [0.2, 0.25) is 0 Å². The molecule has 1 nitrogen and oxygen atoms in total. The maximum Gasteiger partial charge on any atom is 0.0868 e. The predicted molar refractivity (Wildman–Crippen MR) is 75.7 cm³/mol. The molecule has 2 heterocycles. The number of thiophene rings is 2. The summed E-state index contributed by atoms with van der Waals surface area (Å²) in [6, 6.07) is 8.89. The molecule has 0 saturated carbocycles. The molecule has 0 aliphatic rings. The van der Waals surface area contributed by atoms with Crippen molar-refractivity contribution >= 4 is 47.8 Å². The number of anilines is 1. The van der Waals surface area contributed by atoms with Crippen LogP contribution >= 0.6 is 22.7 Å². The number of rotatable bonds is 1. The third kappa shape index (κ3) is 1.51. The van der Waals surface area contributed by atoms with E-state index >= 15 is 0 Å². The van der Waals surface area contributed by atoms with Gasteiger partial charge in [0.1, 0.15) is 0 Å². The second kappa shape index (κ2) is 3.47. The lowest BCUT2D eigenvalue weighted by Crippen LogP contribution is -1.77. The summed E-state index contributed by atoms with van der Waals surface area (Å²) < 4.78 is 2.66. The van der Waals surface area contributed by atoms with Crippen LogP contribution in [0.15, 0.2) is 24.3 Å². The van der Waals surface area contributed by atoms with Crippen LogP contribution in [0.25, 0.3) is 20.2 Å². The van der Waals surface area contributed by atoms with E-state index in [9.17, 15) is 0 Å². The zero-order valence-electron chi connectivity index (χ0n) is 9.28. The minimum atomic E-state index is 0.612. The molecule has 0 aliphatic carbocycles. The molecular formula is C13H13NS2. The molecule has 0 radical (unpaired) electrons. The molecule has 0 amide bonds. The van der Waals surface area contributed by atoms with Crippen LogP contribution in [0.3, 0.4) is 0 Å². The lowest BCUT2D eigenvalue weighted by atomic mass is 10.1. The SMILES string of the molecule is CC(C)c1cc2cc3sc(N)cc3cc2s1. The van der Waals surface area contributed by atoms with Crippen LogP contribution < -0.4 is 5.73 Å². The van der Waals surface area contributed by atoms with Crippen molar-refractivity contribution < 1.29 is 0 Å². The Morgan fingerprint density at radius 3 is 2.25 bits per heavy atom. The summed E-state index contributed by atoms with van der Waals surface area (Å²) in [6.07, 6.45) is 0. The first-order valence-corrected chi connectivity index (χ1v) is 6.99. The molecule has 3 aromatic rings. The number of hydrogen-bond acceptors (Lipinski definition) is 3. The monoisotopic (exact) mass is 247 g/mol. The zero-order valence-corrected chi connectivity index (χ0v) is 10.9. The molecule has 3 heteroatoms. The third-order valence-corrected chi connectivity index (χ3v) is 5.09. The summed E-state index contributed by atoms with van der Waals surface area (Å²) in [4.78, 5) is 1.46. The highest BCUT2D eigenvalue weighted by Gasteiger charge is 2.07. The summed E-state index contributed by atoms with van der Waals surface area (Å²) in [5.41, 5.74) is 5.82. The van der Waals surface area contributed by atoms with Gasteiger partial charge < -0.3 is 5.73 Å². The van der Waals surface area contributed by atoms with Crippen LogP contribution in [0.5, 0.6) is 0 Å². The standard InChI is InChI=1S/C13H13NS2/c1-7(2)10-3-8-4-12-9(5-11(8)15-10)6-13(14)16-12/h3-7H,14H2,1-2H3. The summed E-state index contributed by atoms with van der Waals surface area (Å²) in [7, 11) is 0. The zero-order chi connectivity index (χ0) is 11.3. The fourth-order valence-corrected chi connectivity index (χ4v) is 3.86. The highest BCUT2D eigenvalue weighted by molar-refractivity contribution is 7.23. The van der Waals surface area contributed by atoms with Gasteiger partial charge in [0.15, 0.2) is 0 Å². The molecule has 0 atom stereocenters. The summed E-state index contributed by atoms with van der Waals surface area (Å²) in [5.74, 6) is 0.612. The quantitative estimate of drug-likeness (QED) is 0.655. The molecule has 0 unspecified atom stereocenters. The van der Waals surface area contributed by atoms with E-state index in [-0.39, 0.29) is 0 Å². The van der Waals surface area contributed by atoms with Gasteiger partial charge in [0.25, 0.3) is 0 Å². The van der Waals surface area contributed by atoms with E-state index in [0.717, 1.165) is 5.00 Å². The Morgan fingerprint density at radius 2 is 1.56 bits per heavy atom. The van der Waals surface area contributed by atoms with Gasteiger partial charge in [0.05, 0.1) is 5.00 Å². The average molecular weight is 247 g/mol.